The Morgan fingerprint density at radius 2 is 1.94 bits per heavy atom. The van der Waals surface area contributed by atoms with E-state index < -0.39 is 46.5 Å². The number of benzene rings is 2. The number of halogens is 2. The van der Waals surface area contributed by atoms with Crippen LogP contribution in [0.15, 0.2) is 48.5 Å². The van der Waals surface area contributed by atoms with Gasteiger partial charge in [-0.15, -0.1) is 0 Å². The van der Waals surface area contributed by atoms with Gasteiger partial charge in [0.05, 0.1) is 29.4 Å². The van der Waals surface area contributed by atoms with Crippen molar-refractivity contribution in [1.29, 1.82) is 0 Å². The van der Waals surface area contributed by atoms with Gasteiger partial charge in [0.15, 0.2) is 0 Å². The topological polar surface area (TPSA) is 78.8 Å². The first kappa shape index (κ1) is 21.9. The van der Waals surface area contributed by atoms with Crippen molar-refractivity contribution in [3.05, 3.63) is 71.3 Å². The minimum atomic E-state index is -1.09. The Balaban J connectivity index is 1.61. The molecule has 2 heterocycles. The molecule has 31 heavy (non-hydrogen) atoms. The van der Waals surface area contributed by atoms with Crippen molar-refractivity contribution in [3.63, 3.8) is 0 Å². The molecule has 0 aromatic heterocycles. The molecule has 4 rings (SSSR count). The van der Waals surface area contributed by atoms with E-state index in [1.165, 1.54) is 0 Å². The molecule has 2 aliphatic rings. The molecule has 2 bridgehead atoms. The van der Waals surface area contributed by atoms with Crippen LogP contribution in [0, 0.1) is 11.6 Å². The maximum atomic E-state index is 14.0. The molecule has 166 valence electrons. The molecule has 5 nitrogen and oxygen atoms in total. The van der Waals surface area contributed by atoms with Crippen LogP contribution in [0.2, 0.25) is 0 Å². The number of amides is 1. The SMILES string of the molecule is C[C@]12C[C@@H](c3ccccc3)C[C@](CO)(CC[C@@H](NC(=O)c3cc(F)ccc3F)[C@@H]1O)O2. The van der Waals surface area contributed by atoms with Crippen molar-refractivity contribution in [3.8, 4) is 0 Å². The summed E-state index contributed by atoms with van der Waals surface area (Å²) in [4.78, 5) is 12.7. The van der Waals surface area contributed by atoms with Crippen LogP contribution in [-0.4, -0.2) is 46.1 Å². The molecular weight excluding hydrogens is 404 g/mol. The first-order chi connectivity index (χ1) is 14.8. The van der Waals surface area contributed by atoms with Crippen LogP contribution >= 0.6 is 0 Å². The molecule has 1 amide bonds. The average molecular weight is 431 g/mol. The third-order valence-electron chi connectivity index (χ3n) is 6.69. The molecule has 2 aliphatic heterocycles. The molecule has 0 radical (unpaired) electrons. The van der Waals surface area contributed by atoms with E-state index in [9.17, 15) is 23.8 Å². The van der Waals surface area contributed by atoms with Gasteiger partial charge in [-0.05, 0) is 62.3 Å². The van der Waals surface area contributed by atoms with Crippen molar-refractivity contribution in [2.45, 2.75) is 61.9 Å². The van der Waals surface area contributed by atoms with Gasteiger partial charge in [0.2, 0.25) is 0 Å². The van der Waals surface area contributed by atoms with Crippen molar-refractivity contribution in [2.75, 3.05) is 6.61 Å². The molecule has 0 spiro atoms. The maximum Gasteiger partial charge on any atom is 0.254 e. The Labute approximate surface area is 180 Å². The average Bonchev–Trinajstić information content (AvgIpc) is 2.84. The molecule has 3 N–H and O–H groups in total. The Morgan fingerprint density at radius 3 is 2.65 bits per heavy atom. The number of rotatable bonds is 4. The van der Waals surface area contributed by atoms with E-state index in [-0.39, 0.29) is 12.5 Å². The summed E-state index contributed by atoms with van der Waals surface area (Å²) in [7, 11) is 0. The lowest BCUT2D eigenvalue weighted by Crippen LogP contribution is -2.58. The number of hydrogen-bond donors (Lipinski definition) is 3. The largest absolute Gasteiger partial charge is 0.393 e. The number of fused-ring (bicyclic) bond motifs is 2. The summed E-state index contributed by atoms with van der Waals surface area (Å²) in [6.07, 6.45) is 0.751. The summed E-state index contributed by atoms with van der Waals surface area (Å²) in [6.45, 7) is 1.57. The highest BCUT2D eigenvalue weighted by Crippen LogP contribution is 2.49. The summed E-state index contributed by atoms with van der Waals surface area (Å²) in [6, 6.07) is 11.8. The lowest BCUT2D eigenvalue weighted by atomic mass is 9.74. The third kappa shape index (κ3) is 4.22. The van der Waals surface area contributed by atoms with Crippen molar-refractivity contribution in [1.82, 2.24) is 5.32 Å². The summed E-state index contributed by atoms with van der Waals surface area (Å²) in [5, 5.41) is 24.1. The standard InChI is InChI=1S/C24H27F2NO4/c1-23-12-16(15-5-3-2-4-6-15)13-24(14-28,31-23)10-9-20(21(23)29)27-22(30)18-11-17(25)7-8-19(18)26/h2-8,11,16,20-21,28-29H,9-10,12-14H2,1H3,(H,27,30)/t16-,20-,21+,23+,24+/m1/s1. The molecule has 7 heteroatoms. The van der Waals surface area contributed by atoms with E-state index in [0.29, 0.717) is 25.7 Å². The predicted octanol–water partition coefficient (Wildman–Crippen LogP) is 3.30. The first-order valence-corrected chi connectivity index (χ1v) is 10.6. The Kier molecular flexibility index (Phi) is 5.85. The Morgan fingerprint density at radius 1 is 1.19 bits per heavy atom. The second-order valence-electron chi connectivity index (χ2n) is 8.96. The van der Waals surface area contributed by atoms with E-state index in [1.54, 1.807) is 6.92 Å². The number of carbonyl (C=O) groups excluding carboxylic acids is 1. The van der Waals surface area contributed by atoms with Crippen LogP contribution in [-0.2, 0) is 4.74 Å². The minimum absolute atomic E-state index is 0.0665. The number of carbonyl (C=O) groups is 1. The fourth-order valence-corrected chi connectivity index (χ4v) is 5.13. The van der Waals surface area contributed by atoms with E-state index >= 15 is 0 Å². The van der Waals surface area contributed by atoms with Crippen molar-refractivity contribution < 1.29 is 28.5 Å². The van der Waals surface area contributed by atoms with Gasteiger partial charge in [-0.3, -0.25) is 4.79 Å². The fraction of sp³-hybridized carbons (Fsp3) is 0.458. The quantitative estimate of drug-likeness (QED) is 0.694. The highest BCUT2D eigenvalue weighted by molar-refractivity contribution is 5.94. The predicted molar refractivity (Wildman–Crippen MR) is 111 cm³/mol. The van der Waals surface area contributed by atoms with Gasteiger partial charge in [0.1, 0.15) is 17.7 Å². The first-order valence-electron chi connectivity index (χ1n) is 10.6. The van der Waals surface area contributed by atoms with E-state index in [4.69, 9.17) is 4.74 Å². The van der Waals surface area contributed by atoms with Gasteiger partial charge >= 0.3 is 0 Å². The molecule has 0 unspecified atom stereocenters. The molecule has 2 saturated heterocycles. The summed E-state index contributed by atoms with van der Waals surface area (Å²) >= 11 is 0. The van der Waals surface area contributed by atoms with Crippen LogP contribution in [0.1, 0.15) is 54.4 Å². The number of ether oxygens (including phenoxy) is 1. The molecule has 2 aromatic rings. The number of nitrogens with one attached hydrogen (secondary N) is 1. The van der Waals surface area contributed by atoms with Gasteiger partial charge in [0, 0.05) is 0 Å². The molecule has 0 aliphatic carbocycles. The van der Waals surface area contributed by atoms with E-state index in [0.717, 1.165) is 23.8 Å². The zero-order valence-corrected chi connectivity index (χ0v) is 17.4. The zero-order chi connectivity index (χ0) is 22.2. The number of aliphatic hydroxyl groups excluding tert-OH is 2. The highest BCUT2D eigenvalue weighted by atomic mass is 19.1. The van der Waals surface area contributed by atoms with Crippen LogP contribution in [0.5, 0.6) is 0 Å². The zero-order valence-electron chi connectivity index (χ0n) is 17.4. The second kappa shape index (κ2) is 8.30. The summed E-state index contributed by atoms with van der Waals surface area (Å²) in [5.74, 6) is -2.28. The number of aliphatic hydroxyl groups is 2. The van der Waals surface area contributed by atoms with Gasteiger partial charge in [-0.1, -0.05) is 30.3 Å². The van der Waals surface area contributed by atoms with Gasteiger partial charge < -0.3 is 20.3 Å². The maximum absolute atomic E-state index is 14.0. The molecule has 2 fully saturated rings. The Bertz CT molecular complexity index is 956. The van der Waals surface area contributed by atoms with Gasteiger partial charge in [-0.25, -0.2) is 8.78 Å². The Hall–Kier alpha value is -2.35. The molecule has 2 aromatic carbocycles. The van der Waals surface area contributed by atoms with Crippen LogP contribution in [0.3, 0.4) is 0 Å². The van der Waals surface area contributed by atoms with E-state index in [1.807, 2.05) is 30.3 Å². The van der Waals surface area contributed by atoms with E-state index in [2.05, 4.69) is 5.32 Å². The molecule has 5 atom stereocenters. The van der Waals surface area contributed by atoms with Crippen LogP contribution in [0.4, 0.5) is 8.78 Å². The van der Waals surface area contributed by atoms with Gasteiger partial charge in [-0.2, -0.15) is 0 Å². The van der Waals surface area contributed by atoms with Crippen LogP contribution in [0.25, 0.3) is 0 Å². The highest BCUT2D eigenvalue weighted by Gasteiger charge is 2.54. The van der Waals surface area contributed by atoms with Crippen molar-refractivity contribution >= 4 is 5.91 Å². The lowest BCUT2D eigenvalue weighted by molar-refractivity contribution is -0.230. The second-order valence-corrected chi connectivity index (χ2v) is 8.96. The normalized spacial score (nSPS) is 32.9. The molecular formula is C24H27F2NO4. The lowest BCUT2D eigenvalue weighted by Gasteiger charge is -2.49. The van der Waals surface area contributed by atoms with Crippen molar-refractivity contribution in [2.24, 2.45) is 0 Å². The summed E-state index contributed by atoms with van der Waals surface area (Å²) in [5.41, 5.74) is -1.19. The molecule has 0 saturated carbocycles. The monoisotopic (exact) mass is 431 g/mol. The van der Waals surface area contributed by atoms with Gasteiger partial charge in [0.25, 0.3) is 5.91 Å². The third-order valence-corrected chi connectivity index (χ3v) is 6.69. The fourth-order valence-electron chi connectivity index (χ4n) is 5.13. The van der Waals surface area contributed by atoms with Crippen LogP contribution < -0.4 is 5.32 Å². The summed E-state index contributed by atoms with van der Waals surface area (Å²) < 4.78 is 33.9. The minimum Gasteiger partial charge on any atom is -0.393 e. The number of hydrogen-bond acceptors (Lipinski definition) is 4. The smallest absolute Gasteiger partial charge is 0.254 e.